The van der Waals surface area contributed by atoms with Crippen molar-refractivity contribution in [3.05, 3.63) is 29.6 Å². The van der Waals surface area contributed by atoms with Crippen LogP contribution < -0.4 is 0 Å². The van der Waals surface area contributed by atoms with Crippen LogP contribution in [0.2, 0.25) is 0 Å². The van der Waals surface area contributed by atoms with E-state index >= 15 is 0 Å². The highest BCUT2D eigenvalue weighted by Crippen LogP contribution is 2.44. The molecule has 0 unspecified atom stereocenters. The minimum atomic E-state index is -0.408. The summed E-state index contributed by atoms with van der Waals surface area (Å²) in [6.45, 7) is 7.15. The van der Waals surface area contributed by atoms with Crippen molar-refractivity contribution in [3.63, 3.8) is 0 Å². The summed E-state index contributed by atoms with van der Waals surface area (Å²) in [4.78, 5) is 7.03. The Morgan fingerprint density at radius 1 is 1.40 bits per heavy atom. The summed E-state index contributed by atoms with van der Waals surface area (Å²) in [6.07, 6.45) is 4.67. The second-order valence-electron chi connectivity index (χ2n) is 6.78. The molecule has 1 saturated heterocycles. The Hall–Kier alpha value is -0.930. The maximum absolute atomic E-state index is 10.9. The highest BCUT2D eigenvalue weighted by Gasteiger charge is 2.46. The van der Waals surface area contributed by atoms with Gasteiger partial charge in [0.2, 0.25) is 0 Å². The van der Waals surface area contributed by atoms with Crippen molar-refractivity contribution in [2.75, 3.05) is 13.1 Å². The van der Waals surface area contributed by atoms with Crippen molar-refractivity contribution in [1.82, 2.24) is 9.88 Å². The van der Waals surface area contributed by atoms with E-state index in [4.69, 9.17) is 0 Å². The molecule has 0 aromatic carbocycles. The van der Waals surface area contributed by atoms with E-state index in [9.17, 15) is 5.11 Å². The molecule has 1 aromatic heterocycles. The van der Waals surface area contributed by atoms with E-state index in [1.165, 1.54) is 19.3 Å². The molecule has 3 heteroatoms. The number of piperidine rings is 1. The smallest absolute Gasteiger partial charge is 0.0725 e. The maximum Gasteiger partial charge on any atom is 0.0725 e. The van der Waals surface area contributed by atoms with E-state index in [0.717, 1.165) is 37.4 Å². The zero-order valence-electron chi connectivity index (χ0n) is 12.7. The van der Waals surface area contributed by atoms with Crippen LogP contribution in [0, 0.1) is 18.8 Å². The van der Waals surface area contributed by atoms with Crippen LogP contribution in [0.4, 0.5) is 0 Å². The molecule has 1 N–H and O–H groups in total. The summed E-state index contributed by atoms with van der Waals surface area (Å²) in [5.41, 5.74) is 1.82. The van der Waals surface area contributed by atoms with Crippen LogP contribution in [0.5, 0.6) is 0 Å². The monoisotopic (exact) mass is 274 g/mol. The number of aryl methyl sites for hydroxylation is 1. The van der Waals surface area contributed by atoms with Gasteiger partial charge in [0.25, 0.3) is 0 Å². The van der Waals surface area contributed by atoms with E-state index in [-0.39, 0.29) is 0 Å². The molecule has 1 aliphatic heterocycles. The number of likely N-dealkylation sites (tertiary alicyclic amines) is 1. The molecule has 2 fully saturated rings. The molecular weight excluding hydrogens is 248 g/mol. The molecule has 0 spiro atoms. The summed E-state index contributed by atoms with van der Waals surface area (Å²) in [6, 6.07) is 6.22. The third-order valence-electron chi connectivity index (χ3n) is 5.36. The van der Waals surface area contributed by atoms with Crippen LogP contribution in [0.1, 0.15) is 44.0 Å². The van der Waals surface area contributed by atoms with E-state index in [0.29, 0.717) is 11.8 Å². The van der Waals surface area contributed by atoms with Crippen LogP contribution in [-0.4, -0.2) is 33.7 Å². The molecule has 110 valence electrons. The van der Waals surface area contributed by atoms with Gasteiger partial charge in [-0.2, -0.15) is 0 Å². The Balaban J connectivity index is 1.62. The Morgan fingerprint density at radius 2 is 2.20 bits per heavy atom. The Morgan fingerprint density at radius 3 is 2.80 bits per heavy atom. The summed E-state index contributed by atoms with van der Waals surface area (Å²) < 4.78 is 0. The minimum Gasteiger partial charge on any atom is -0.389 e. The van der Waals surface area contributed by atoms with Gasteiger partial charge in [-0.3, -0.25) is 9.88 Å². The second-order valence-corrected chi connectivity index (χ2v) is 6.78. The second kappa shape index (κ2) is 5.45. The molecule has 3 rings (SSSR count). The van der Waals surface area contributed by atoms with Crippen molar-refractivity contribution in [2.45, 2.75) is 51.7 Å². The molecule has 3 nitrogen and oxygen atoms in total. The standard InChI is InChI=1S/C17H26N2O/c1-13-11-19(12-16-8-3-5-14(2)18-16)10-9-17(13,20)15-6-4-7-15/h3,5,8,13,15,20H,4,6-7,9-12H2,1-2H3/t13-,17+/m1/s1. The molecular formula is C17H26N2O. The highest BCUT2D eigenvalue weighted by atomic mass is 16.3. The zero-order chi connectivity index (χ0) is 14.2. The van der Waals surface area contributed by atoms with Gasteiger partial charge < -0.3 is 5.11 Å². The average molecular weight is 274 g/mol. The zero-order valence-corrected chi connectivity index (χ0v) is 12.7. The lowest BCUT2D eigenvalue weighted by Gasteiger charge is -2.50. The average Bonchev–Trinajstić information content (AvgIpc) is 2.32. The summed E-state index contributed by atoms with van der Waals surface area (Å²) in [7, 11) is 0. The number of pyridine rings is 1. The molecule has 0 bridgehead atoms. The summed E-state index contributed by atoms with van der Waals surface area (Å²) in [5, 5.41) is 10.9. The topological polar surface area (TPSA) is 36.4 Å². The first-order chi connectivity index (χ1) is 9.58. The van der Waals surface area contributed by atoms with E-state index in [1.807, 2.05) is 13.0 Å². The van der Waals surface area contributed by atoms with Gasteiger partial charge in [-0.15, -0.1) is 0 Å². The lowest BCUT2D eigenvalue weighted by Crippen LogP contribution is -2.56. The third-order valence-corrected chi connectivity index (χ3v) is 5.36. The third kappa shape index (κ3) is 2.61. The van der Waals surface area contributed by atoms with Gasteiger partial charge in [0.05, 0.1) is 11.3 Å². The number of aliphatic hydroxyl groups is 1. The van der Waals surface area contributed by atoms with Crippen molar-refractivity contribution in [2.24, 2.45) is 11.8 Å². The lowest BCUT2D eigenvalue weighted by molar-refractivity contribution is -0.128. The quantitative estimate of drug-likeness (QED) is 0.920. The van der Waals surface area contributed by atoms with Crippen molar-refractivity contribution < 1.29 is 5.11 Å². The predicted octanol–water partition coefficient (Wildman–Crippen LogP) is 2.76. The van der Waals surface area contributed by atoms with Gasteiger partial charge in [-0.1, -0.05) is 19.4 Å². The molecule has 1 aromatic rings. The first kappa shape index (κ1) is 14.0. The lowest BCUT2D eigenvalue weighted by atomic mass is 9.65. The largest absolute Gasteiger partial charge is 0.389 e. The minimum absolute atomic E-state index is 0.367. The Kier molecular flexibility index (Phi) is 3.83. The summed E-state index contributed by atoms with van der Waals surface area (Å²) in [5.74, 6) is 0.920. The summed E-state index contributed by atoms with van der Waals surface area (Å²) >= 11 is 0. The van der Waals surface area contributed by atoms with Crippen molar-refractivity contribution >= 4 is 0 Å². The first-order valence-electron chi connectivity index (χ1n) is 7.95. The van der Waals surface area contributed by atoms with Crippen LogP contribution in [0.3, 0.4) is 0 Å². The van der Waals surface area contributed by atoms with Crippen molar-refractivity contribution in [3.8, 4) is 0 Å². The molecule has 2 aliphatic rings. The molecule has 0 amide bonds. The van der Waals surface area contributed by atoms with Gasteiger partial charge in [0, 0.05) is 25.3 Å². The van der Waals surface area contributed by atoms with Gasteiger partial charge >= 0.3 is 0 Å². The number of hydrogen-bond donors (Lipinski definition) is 1. The van der Waals surface area contributed by atoms with E-state index in [1.54, 1.807) is 0 Å². The fourth-order valence-corrected chi connectivity index (χ4v) is 3.80. The van der Waals surface area contributed by atoms with Gasteiger partial charge in [0.1, 0.15) is 0 Å². The van der Waals surface area contributed by atoms with Gasteiger partial charge in [-0.25, -0.2) is 0 Å². The first-order valence-corrected chi connectivity index (χ1v) is 7.95. The number of rotatable bonds is 3. The maximum atomic E-state index is 10.9. The molecule has 1 aliphatic carbocycles. The van der Waals surface area contributed by atoms with Crippen LogP contribution in [0.15, 0.2) is 18.2 Å². The normalized spacial score (nSPS) is 32.0. The van der Waals surface area contributed by atoms with E-state index < -0.39 is 5.60 Å². The Labute approximate surface area is 122 Å². The number of nitrogens with zero attached hydrogens (tertiary/aromatic N) is 2. The molecule has 20 heavy (non-hydrogen) atoms. The molecule has 2 atom stereocenters. The SMILES string of the molecule is Cc1cccc(CN2CC[C@@](O)(C3CCC3)[C@H](C)C2)n1. The van der Waals surface area contributed by atoms with E-state index in [2.05, 4.69) is 28.9 Å². The number of hydrogen-bond acceptors (Lipinski definition) is 3. The fourth-order valence-electron chi connectivity index (χ4n) is 3.80. The predicted molar refractivity (Wildman–Crippen MR) is 80.3 cm³/mol. The molecule has 0 radical (unpaired) electrons. The highest BCUT2D eigenvalue weighted by molar-refractivity contribution is 5.10. The van der Waals surface area contributed by atoms with Gasteiger partial charge in [-0.05, 0) is 50.2 Å². The van der Waals surface area contributed by atoms with Crippen molar-refractivity contribution in [1.29, 1.82) is 0 Å². The van der Waals surface area contributed by atoms with Gasteiger partial charge in [0.15, 0.2) is 0 Å². The molecule has 1 saturated carbocycles. The van der Waals surface area contributed by atoms with Crippen LogP contribution in [0.25, 0.3) is 0 Å². The Bertz CT molecular complexity index is 472. The number of aromatic nitrogens is 1. The fraction of sp³-hybridized carbons (Fsp3) is 0.706. The van der Waals surface area contributed by atoms with Crippen LogP contribution in [-0.2, 0) is 6.54 Å². The molecule has 2 heterocycles. The van der Waals surface area contributed by atoms with Crippen LogP contribution >= 0.6 is 0 Å².